The van der Waals surface area contributed by atoms with Gasteiger partial charge in [0.05, 0.1) is 6.54 Å². The second kappa shape index (κ2) is 5.46. The largest absolute Gasteiger partial charge is 0.396 e. The molecule has 1 aliphatic heterocycles. The third-order valence-electron chi connectivity index (χ3n) is 3.46. The van der Waals surface area contributed by atoms with Gasteiger partial charge in [-0.25, -0.2) is 4.98 Å². The molecule has 1 aromatic rings. The first kappa shape index (κ1) is 11.6. The Hall–Kier alpha value is -0.870. The Morgan fingerprint density at radius 3 is 3.12 bits per heavy atom. The molecule has 1 fully saturated rings. The van der Waals surface area contributed by atoms with Crippen LogP contribution in [0.4, 0.5) is 0 Å². The van der Waals surface area contributed by atoms with Crippen LogP contribution in [0, 0.1) is 0 Å². The summed E-state index contributed by atoms with van der Waals surface area (Å²) in [6.07, 6.45) is 8.43. The highest BCUT2D eigenvalue weighted by atomic mass is 16.2. The highest BCUT2D eigenvalue weighted by Crippen LogP contribution is 2.22. The number of nitrogens with zero attached hydrogens (tertiary/aromatic N) is 3. The molecule has 0 aliphatic carbocycles. The standard InChI is InChI=1S/C12H21N3O/c1-14-8-6-13-12(14)10-15-7-2-4-11(15)5-3-9-16/h6,8,11,16H,2-5,7,9-10H2,1H3. The lowest BCUT2D eigenvalue weighted by atomic mass is 10.1. The Morgan fingerprint density at radius 2 is 2.44 bits per heavy atom. The topological polar surface area (TPSA) is 41.3 Å². The lowest BCUT2D eigenvalue weighted by Crippen LogP contribution is -2.30. The van der Waals surface area contributed by atoms with Gasteiger partial charge in [-0.3, -0.25) is 4.90 Å². The van der Waals surface area contributed by atoms with Crippen molar-refractivity contribution in [1.82, 2.24) is 14.5 Å². The van der Waals surface area contributed by atoms with Crippen molar-refractivity contribution in [3.8, 4) is 0 Å². The average molecular weight is 223 g/mol. The number of aliphatic hydroxyl groups is 1. The summed E-state index contributed by atoms with van der Waals surface area (Å²) in [6, 6.07) is 0.642. The Labute approximate surface area is 96.9 Å². The molecular formula is C12H21N3O. The molecule has 2 heterocycles. The van der Waals surface area contributed by atoms with E-state index in [-0.39, 0.29) is 0 Å². The maximum Gasteiger partial charge on any atom is 0.122 e. The van der Waals surface area contributed by atoms with Gasteiger partial charge >= 0.3 is 0 Å². The lowest BCUT2D eigenvalue weighted by molar-refractivity contribution is 0.205. The summed E-state index contributed by atoms with van der Waals surface area (Å²) in [7, 11) is 2.04. The van der Waals surface area contributed by atoms with Crippen molar-refractivity contribution < 1.29 is 5.11 Å². The van der Waals surface area contributed by atoms with Crippen LogP contribution in [0.5, 0.6) is 0 Å². The van der Waals surface area contributed by atoms with E-state index in [4.69, 9.17) is 5.11 Å². The minimum absolute atomic E-state index is 0.312. The predicted molar refractivity (Wildman–Crippen MR) is 63.0 cm³/mol. The zero-order valence-corrected chi connectivity index (χ0v) is 9.97. The summed E-state index contributed by atoms with van der Waals surface area (Å²) in [6.45, 7) is 2.43. The fraction of sp³-hybridized carbons (Fsp3) is 0.750. The molecule has 0 amide bonds. The van der Waals surface area contributed by atoms with E-state index in [0.717, 1.165) is 25.2 Å². The number of imidazole rings is 1. The van der Waals surface area contributed by atoms with Crippen molar-refractivity contribution >= 4 is 0 Å². The molecule has 1 aromatic heterocycles. The summed E-state index contributed by atoms with van der Waals surface area (Å²) >= 11 is 0. The van der Waals surface area contributed by atoms with Crippen LogP contribution < -0.4 is 0 Å². The zero-order chi connectivity index (χ0) is 11.4. The number of aryl methyl sites for hydroxylation is 1. The normalized spacial score (nSPS) is 21.8. The first-order valence-corrected chi connectivity index (χ1v) is 6.12. The van der Waals surface area contributed by atoms with Crippen LogP contribution in [0.3, 0.4) is 0 Å². The van der Waals surface area contributed by atoms with E-state index in [1.54, 1.807) is 0 Å². The summed E-state index contributed by atoms with van der Waals surface area (Å²) < 4.78 is 2.08. The highest BCUT2D eigenvalue weighted by Gasteiger charge is 2.24. The van der Waals surface area contributed by atoms with Crippen LogP contribution in [0.25, 0.3) is 0 Å². The lowest BCUT2D eigenvalue weighted by Gasteiger charge is -2.23. The van der Waals surface area contributed by atoms with E-state index in [1.807, 2.05) is 19.4 Å². The third kappa shape index (κ3) is 2.62. The zero-order valence-electron chi connectivity index (χ0n) is 9.97. The molecule has 2 rings (SSSR count). The molecule has 1 saturated heterocycles. The minimum atomic E-state index is 0.312. The van der Waals surface area contributed by atoms with Gasteiger partial charge in [-0.2, -0.15) is 0 Å². The van der Waals surface area contributed by atoms with E-state index < -0.39 is 0 Å². The molecule has 1 N–H and O–H groups in total. The smallest absolute Gasteiger partial charge is 0.122 e. The van der Waals surface area contributed by atoms with Crippen LogP contribution in [0.15, 0.2) is 12.4 Å². The summed E-state index contributed by atoms with van der Waals surface area (Å²) in [5.41, 5.74) is 0. The van der Waals surface area contributed by atoms with Gasteiger partial charge in [0.25, 0.3) is 0 Å². The van der Waals surface area contributed by atoms with Gasteiger partial charge in [0, 0.05) is 32.1 Å². The Bertz CT molecular complexity index is 324. The number of aliphatic hydroxyl groups excluding tert-OH is 1. The SMILES string of the molecule is Cn1ccnc1CN1CCCC1CCCO. The Kier molecular flexibility index (Phi) is 3.96. The molecule has 1 unspecified atom stereocenters. The molecule has 90 valence electrons. The molecule has 0 aromatic carbocycles. The molecule has 0 spiro atoms. The average Bonchev–Trinajstić information content (AvgIpc) is 2.87. The van der Waals surface area contributed by atoms with Crippen molar-refractivity contribution in [3.05, 3.63) is 18.2 Å². The fourth-order valence-corrected chi connectivity index (χ4v) is 2.49. The highest BCUT2D eigenvalue weighted by molar-refractivity contribution is 4.93. The number of rotatable bonds is 5. The first-order valence-electron chi connectivity index (χ1n) is 6.12. The third-order valence-corrected chi connectivity index (χ3v) is 3.46. The van der Waals surface area contributed by atoms with Gasteiger partial charge in [0.15, 0.2) is 0 Å². The monoisotopic (exact) mass is 223 g/mol. The van der Waals surface area contributed by atoms with Gasteiger partial charge in [-0.15, -0.1) is 0 Å². The van der Waals surface area contributed by atoms with Crippen molar-refractivity contribution in [3.63, 3.8) is 0 Å². The second-order valence-electron chi connectivity index (χ2n) is 4.59. The number of hydrogen-bond donors (Lipinski definition) is 1. The molecule has 0 radical (unpaired) electrons. The molecular weight excluding hydrogens is 202 g/mol. The number of hydrogen-bond acceptors (Lipinski definition) is 3. The van der Waals surface area contributed by atoms with Crippen molar-refractivity contribution in [2.75, 3.05) is 13.2 Å². The molecule has 4 nitrogen and oxygen atoms in total. The van der Waals surface area contributed by atoms with E-state index in [0.29, 0.717) is 12.6 Å². The van der Waals surface area contributed by atoms with Crippen molar-refractivity contribution in [2.45, 2.75) is 38.3 Å². The van der Waals surface area contributed by atoms with Gasteiger partial charge in [-0.1, -0.05) is 0 Å². The van der Waals surface area contributed by atoms with E-state index in [1.165, 1.54) is 19.4 Å². The molecule has 0 saturated carbocycles. The van der Waals surface area contributed by atoms with Gasteiger partial charge in [0.1, 0.15) is 5.82 Å². The summed E-state index contributed by atoms with van der Waals surface area (Å²) in [5.74, 6) is 1.14. The number of aromatic nitrogens is 2. The van der Waals surface area contributed by atoms with Gasteiger partial charge < -0.3 is 9.67 Å². The molecule has 16 heavy (non-hydrogen) atoms. The summed E-state index contributed by atoms with van der Waals surface area (Å²) in [4.78, 5) is 6.86. The van der Waals surface area contributed by atoms with E-state index in [2.05, 4.69) is 14.5 Å². The Morgan fingerprint density at radius 1 is 1.56 bits per heavy atom. The van der Waals surface area contributed by atoms with Crippen LogP contribution >= 0.6 is 0 Å². The minimum Gasteiger partial charge on any atom is -0.396 e. The quantitative estimate of drug-likeness (QED) is 0.814. The Balaban J connectivity index is 1.91. The maximum atomic E-state index is 8.88. The van der Waals surface area contributed by atoms with Crippen LogP contribution in [0.1, 0.15) is 31.5 Å². The molecule has 0 bridgehead atoms. The van der Waals surface area contributed by atoms with Crippen LogP contribution in [-0.2, 0) is 13.6 Å². The first-order chi connectivity index (χ1) is 7.81. The van der Waals surface area contributed by atoms with E-state index in [9.17, 15) is 0 Å². The van der Waals surface area contributed by atoms with Crippen molar-refractivity contribution in [2.24, 2.45) is 7.05 Å². The van der Waals surface area contributed by atoms with Crippen LogP contribution in [0.2, 0.25) is 0 Å². The fourth-order valence-electron chi connectivity index (χ4n) is 2.49. The molecule has 1 atom stereocenters. The predicted octanol–water partition coefficient (Wildman–Crippen LogP) is 1.16. The van der Waals surface area contributed by atoms with Gasteiger partial charge in [0.2, 0.25) is 0 Å². The van der Waals surface area contributed by atoms with Crippen molar-refractivity contribution in [1.29, 1.82) is 0 Å². The molecule has 1 aliphatic rings. The van der Waals surface area contributed by atoms with Crippen LogP contribution in [-0.4, -0.2) is 38.8 Å². The molecule has 4 heteroatoms. The van der Waals surface area contributed by atoms with E-state index >= 15 is 0 Å². The van der Waals surface area contributed by atoms with Gasteiger partial charge in [-0.05, 0) is 32.2 Å². The number of likely N-dealkylation sites (tertiary alicyclic amines) is 1. The summed E-state index contributed by atoms with van der Waals surface area (Å²) in [5, 5.41) is 8.88. The second-order valence-corrected chi connectivity index (χ2v) is 4.59. The maximum absolute atomic E-state index is 8.88.